The van der Waals surface area contributed by atoms with E-state index in [4.69, 9.17) is 9.84 Å². The molecule has 0 spiro atoms. The van der Waals surface area contributed by atoms with Gasteiger partial charge in [0.2, 0.25) is 5.91 Å². The highest BCUT2D eigenvalue weighted by Gasteiger charge is 2.14. The van der Waals surface area contributed by atoms with Gasteiger partial charge < -0.3 is 15.2 Å². The molecule has 0 saturated carbocycles. The van der Waals surface area contributed by atoms with Crippen molar-refractivity contribution in [3.8, 4) is 0 Å². The van der Waals surface area contributed by atoms with E-state index < -0.39 is 5.97 Å². The molecular weight excluding hydrogens is 282 g/mol. The lowest BCUT2D eigenvalue weighted by Crippen LogP contribution is -2.29. The Morgan fingerprint density at radius 2 is 2.09 bits per heavy atom. The highest BCUT2D eigenvalue weighted by atomic mass is 16.5. The zero-order valence-corrected chi connectivity index (χ0v) is 12.7. The zero-order valence-electron chi connectivity index (χ0n) is 12.7. The van der Waals surface area contributed by atoms with Crippen LogP contribution in [0.1, 0.15) is 48.0 Å². The maximum atomic E-state index is 11.8. The molecule has 1 aliphatic rings. The van der Waals surface area contributed by atoms with Crippen molar-refractivity contribution in [1.82, 2.24) is 5.32 Å². The van der Waals surface area contributed by atoms with Gasteiger partial charge in [0.25, 0.3) is 0 Å². The maximum absolute atomic E-state index is 11.8. The molecule has 120 valence electrons. The summed E-state index contributed by atoms with van der Waals surface area (Å²) < 4.78 is 5.61. The lowest BCUT2D eigenvalue weighted by Gasteiger charge is -2.22. The number of carbonyl (C=O) groups excluding carboxylic acids is 1. The van der Waals surface area contributed by atoms with E-state index in [1.165, 1.54) is 6.42 Å². The Bertz CT molecular complexity index is 509. The molecule has 5 nitrogen and oxygen atoms in total. The Hall–Kier alpha value is -1.88. The number of carboxylic acid groups (broad SMARTS) is 1. The van der Waals surface area contributed by atoms with Crippen molar-refractivity contribution < 1.29 is 19.4 Å². The molecule has 22 heavy (non-hydrogen) atoms. The number of aryl methyl sites for hydroxylation is 1. The van der Waals surface area contributed by atoms with E-state index in [1.807, 2.05) is 0 Å². The molecule has 1 saturated heterocycles. The van der Waals surface area contributed by atoms with Gasteiger partial charge in [-0.3, -0.25) is 4.79 Å². The average molecular weight is 305 g/mol. The molecule has 0 aliphatic carbocycles. The standard InChI is InChI=1S/C17H23NO4/c19-16(18-11-10-14-6-3-4-12-22-14)9-8-13-5-1-2-7-15(13)17(20)21/h1-2,5,7,14H,3-4,6,8-12H2,(H,18,19)(H,20,21). The molecular formula is C17H23NO4. The average Bonchev–Trinajstić information content (AvgIpc) is 2.54. The minimum absolute atomic E-state index is 0.0454. The first-order valence-electron chi connectivity index (χ1n) is 7.86. The van der Waals surface area contributed by atoms with E-state index in [1.54, 1.807) is 24.3 Å². The van der Waals surface area contributed by atoms with Crippen molar-refractivity contribution in [3.63, 3.8) is 0 Å². The van der Waals surface area contributed by atoms with E-state index in [0.29, 0.717) is 24.9 Å². The van der Waals surface area contributed by atoms with Crippen molar-refractivity contribution in [1.29, 1.82) is 0 Å². The van der Waals surface area contributed by atoms with E-state index in [9.17, 15) is 9.59 Å². The number of ether oxygens (including phenoxy) is 1. The fraction of sp³-hybridized carbons (Fsp3) is 0.529. The van der Waals surface area contributed by atoms with Crippen LogP contribution in [-0.4, -0.2) is 36.2 Å². The summed E-state index contributed by atoms with van der Waals surface area (Å²) in [7, 11) is 0. The Morgan fingerprint density at radius 3 is 2.82 bits per heavy atom. The fourth-order valence-electron chi connectivity index (χ4n) is 2.69. The molecule has 2 rings (SSSR count). The van der Waals surface area contributed by atoms with Gasteiger partial charge in [-0.25, -0.2) is 4.79 Å². The van der Waals surface area contributed by atoms with E-state index >= 15 is 0 Å². The predicted molar refractivity (Wildman–Crippen MR) is 82.9 cm³/mol. The van der Waals surface area contributed by atoms with Crippen LogP contribution in [0.5, 0.6) is 0 Å². The van der Waals surface area contributed by atoms with Crippen LogP contribution < -0.4 is 5.32 Å². The highest BCUT2D eigenvalue weighted by Crippen LogP contribution is 2.15. The minimum Gasteiger partial charge on any atom is -0.478 e. The van der Waals surface area contributed by atoms with E-state index in [0.717, 1.165) is 25.9 Å². The predicted octanol–water partition coefficient (Wildman–Crippen LogP) is 2.39. The first kappa shape index (κ1) is 16.5. The van der Waals surface area contributed by atoms with E-state index in [2.05, 4.69) is 5.32 Å². The summed E-state index contributed by atoms with van der Waals surface area (Å²) in [4.78, 5) is 22.9. The Labute approximate surface area is 130 Å². The second kappa shape index (κ2) is 8.54. The molecule has 0 radical (unpaired) electrons. The SMILES string of the molecule is O=C(CCc1ccccc1C(=O)O)NCCC1CCCCO1. The molecule has 1 amide bonds. The second-order valence-electron chi connectivity index (χ2n) is 5.59. The van der Waals surface area contributed by atoms with Crippen LogP contribution in [-0.2, 0) is 16.0 Å². The van der Waals surface area contributed by atoms with Gasteiger partial charge in [-0.15, -0.1) is 0 Å². The maximum Gasteiger partial charge on any atom is 0.335 e. The Balaban J connectivity index is 1.70. The van der Waals surface area contributed by atoms with Gasteiger partial charge in [0, 0.05) is 19.6 Å². The van der Waals surface area contributed by atoms with Gasteiger partial charge in [-0.2, -0.15) is 0 Å². The number of carbonyl (C=O) groups is 2. The van der Waals surface area contributed by atoms with Gasteiger partial charge in [0.05, 0.1) is 11.7 Å². The van der Waals surface area contributed by atoms with Gasteiger partial charge in [-0.05, 0) is 43.7 Å². The number of amides is 1. The third kappa shape index (κ3) is 5.15. The number of rotatable bonds is 7. The molecule has 1 fully saturated rings. The number of aromatic carboxylic acids is 1. The second-order valence-corrected chi connectivity index (χ2v) is 5.59. The molecule has 1 heterocycles. The molecule has 5 heteroatoms. The first-order valence-corrected chi connectivity index (χ1v) is 7.86. The topological polar surface area (TPSA) is 75.6 Å². The number of carboxylic acids is 1. The Morgan fingerprint density at radius 1 is 1.27 bits per heavy atom. The van der Waals surface area contributed by atoms with Crippen LogP contribution in [0.2, 0.25) is 0 Å². The number of hydrogen-bond acceptors (Lipinski definition) is 3. The lowest BCUT2D eigenvalue weighted by atomic mass is 10.0. The molecule has 1 atom stereocenters. The van der Waals surface area contributed by atoms with E-state index in [-0.39, 0.29) is 17.6 Å². The van der Waals surface area contributed by atoms with Gasteiger partial charge >= 0.3 is 5.97 Å². The molecule has 0 bridgehead atoms. The third-order valence-electron chi connectivity index (χ3n) is 3.93. The molecule has 0 aromatic heterocycles. The summed E-state index contributed by atoms with van der Waals surface area (Å²) in [6, 6.07) is 6.81. The summed E-state index contributed by atoms with van der Waals surface area (Å²) >= 11 is 0. The van der Waals surface area contributed by atoms with Gasteiger partial charge in [-0.1, -0.05) is 18.2 Å². The van der Waals surface area contributed by atoms with Gasteiger partial charge in [0.15, 0.2) is 0 Å². The normalized spacial score (nSPS) is 17.9. The smallest absolute Gasteiger partial charge is 0.335 e. The van der Waals surface area contributed by atoms with Crippen molar-refractivity contribution in [2.75, 3.05) is 13.2 Å². The monoisotopic (exact) mass is 305 g/mol. The zero-order chi connectivity index (χ0) is 15.8. The molecule has 1 aromatic carbocycles. The van der Waals surface area contributed by atoms with Crippen LogP contribution in [0.15, 0.2) is 24.3 Å². The van der Waals surface area contributed by atoms with Crippen LogP contribution in [0, 0.1) is 0 Å². The summed E-state index contributed by atoms with van der Waals surface area (Å²) in [5.74, 6) is -0.999. The van der Waals surface area contributed by atoms with Crippen molar-refractivity contribution in [2.24, 2.45) is 0 Å². The van der Waals surface area contributed by atoms with Gasteiger partial charge in [0.1, 0.15) is 0 Å². The highest BCUT2D eigenvalue weighted by molar-refractivity contribution is 5.89. The number of benzene rings is 1. The summed E-state index contributed by atoms with van der Waals surface area (Å²) in [5, 5.41) is 12.0. The van der Waals surface area contributed by atoms with Crippen LogP contribution in [0.3, 0.4) is 0 Å². The third-order valence-corrected chi connectivity index (χ3v) is 3.93. The fourth-order valence-corrected chi connectivity index (χ4v) is 2.69. The van der Waals surface area contributed by atoms with Crippen molar-refractivity contribution in [3.05, 3.63) is 35.4 Å². The molecule has 1 aromatic rings. The summed E-state index contributed by atoms with van der Waals surface area (Å²) in [6.45, 7) is 1.44. The molecule has 2 N–H and O–H groups in total. The summed E-state index contributed by atoms with van der Waals surface area (Å²) in [6.07, 6.45) is 5.25. The summed E-state index contributed by atoms with van der Waals surface area (Å²) in [5.41, 5.74) is 0.965. The quantitative estimate of drug-likeness (QED) is 0.811. The van der Waals surface area contributed by atoms with Crippen molar-refractivity contribution in [2.45, 2.75) is 44.6 Å². The Kier molecular flexibility index (Phi) is 6.40. The molecule has 1 unspecified atom stereocenters. The number of hydrogen-bond donors (Lipinski definition) is 2. The molecule has 1 aliphatic heterocycles. The minimum atomic E-state index is -0.953. The first-order chi connectivity index (χ1) is 10.7. The van der Waals surface area contributed by atoms with Crippen LogP contribution in [0.4, 0.5) is 0 Å². The largest absolute Gasteiger partial charge is 0.478 e. The van der Waals surface area contributed by atoms with Crippen LogP contribution >= 0.6 is 0 Å². The van der Waals surface area contributed by atoms with Crippen molar-refractivity contribution >= 4 is 11.9 Å². The number of nitrogens with one attached hydrogen (secondary N) is 1. The lowest BCUT2D eigenvalue weighted by molar-refractivity contribution is -0.121. The van der Waals surface area contributed by atoms with Crippen LogP contribution in [0.25, 0.3) is 0 Å².